The van der Waals surface area contributed by atoms with Gasteiger partial charge in [-0.25, -0.2) is 19.4 Å². The Morgan fingerprint density at radius 2 is 1.95 bits per heavy atom. The summed E-state index contributed by atoms with van der Waals surface area (Å²) in [7, 11) is 0. The van der Waals surface area contributed by atoms with Crippen LogP contribution in [0.15, 0.2) is 64.8 Å². The standard InChI is InChI=1S/C28H29N5O9S2/c1-5-16-13-43-24-20(23(36)33(24)21(16)25(37)38)30-22(35)19(32-41-12-18(34)42-28(2,3)4)17-14-44-26(29-17)31-27(39)40-11-15-9-7-6-8-10-15/h5-10,14,20,24H,1,11-13H2,2-4H3,(H,30,35)(H,37,38)(H,29,31,39)/b32-19-/t20-,24+/m1/s1. The predicted molar refractivity (Wildman–Crippen MR) is 161 cm³/mol. The molecular weight excluding hydrogens is 614 g/mol. The van der Waals surface area contributed by atoms with E-state index in [4.69, 9.17) is 14.3 Å². The van der Waals surface area contributed by atoms with Gasteiger partial charge in [0.15, 0.2) is 10.8 Å². The minimum absolute atomic E-state index is 0.0250. The third-order valence-electron chi connectivity index (χ3n) is 5.88. The van der Waals surface area contributed by atoms with E-state index in [-0.39, 0.29) is 28.9 Å². The third kappa shape index (κ3) is 7.82. The molecule has 2 aliphatic heterocycles. The van der Waals surface area contributed by atoms with Crippen LogP contribution >= 0.6 is 23.1 Å². The number of aliphatic carboxylic acids is 1. The molecule has 2 aliphatic rings. The number of ether oxygens (including phenoxy) is 2. The number of hydrogen-bond acceptors (Lipinski definition) is 12. The van der Waals surface area contributed by atoms with E-state index in [1.807, 2.05) is 18.2 Å². The highest BCUT2D eigenvalue weighted by molar-refractivity contribution is 8.00. The van der Waals surface area contributed by atoms with Gasteiger partial charge in [0.05, 0.1) is 0 Å². The molecule has 4 rings (SSSR count). The number of carbonyl (C=O) groups excluding carboxylic acids is 4. The maximum Gasteiger partial charge on any atom is 0.413 e. The van der Waals surface area contributed by atoms with Gasteiger partial charge in [-0.3, -0.25) is 19.8 Å². The van der Waals surface area contributed by atoms with Crippen LogP contribution in [0.5, 0.6) is 0 Å². The van der Waals surface area contributed by atoms with E-state index < -0.39 is 59.2 Å². The smallest absolute Gasteiger partial charge is 0.413 e. The Balaban J connectivity index is 1.48. The van der Waals surface area contributed by atoms with Gasteiger partial charge in [0.2, 0.25) is 6.61 Å². The number of carbonyl (C=O) groups is 5. The molecule has 1 aromatic heterocycles. The number of fused-ring (bicyclic) bond motifs is 1. The minimum Gasteiger partial charge on any atom is -0.477 e. The Kier molecular flexibility index (Phi) is 10.1. The van der Waals surface area contributed by atoms with Gasteiger partial charge >= 0.3 is 18.0 Å². The molecule has 0 bridgehead atoms. The molecule has 44 heavy (non-hydrogen) atoms. The summed E-state index contributed by atoms with van der Waals surface area (Å²) in [6, 6.07) is 7.96. The van der Waals surface area contributed by atoms with Gasteiger partial charge in [0.1, 0.15) is 35.0 Å². The molecule has 2 aromatic rings. The number of aromatic nitrogens is 1. The van der Waals surface area contributed by atoms with Crippen LogP contribution in [0.2, 0.25) is 0 Å². The van der Waals surface area contributed by atoms with Crippen LogP contribution in [0.4, 0.5) is 9.93 Å². The molecule has 0 radical (unpaired) electrons. The number of esters is 1. The topological polar surface area (TPSA) is 186 Å². The van der Waals surface area contributed by atoms with Crippen LogP contribution in [0.3, 0.4) is 0 Å². The molecular formula is C28H29N5O9S2. The molecule has 1 aromatic carbocycles. The van der Waals surface area contributed by atoms with Crippen LogP contribution < -0.4 is 10.6 Å². The fourth-order valence-corrected chi connectivity index (χ4v) is 6.04. The molecule has 3 N–H and O–H groups in total. The number of carboxylic acids is 1. The summed E-state index contributed by atoms with van der Waals surface area (Å²) in [6.45, 7) is 8.03. The van der Waals surface area contributed by atoms with E-state index in [2.05, 4.69) is 27.4 Å². The number of benzene rings is 1. The second-order valence-corrected chi connectivity index (χ2v) is 12.2. The lowest BCUT2D eigenvalue weighted by molar-refractivity contribution is -0.160. The summed E-state index contributed by atoms with van der Waals surface area (Å²) in [5, 5.41) is 19.3. The molecule has 3 heterocycles. The summed E-state index contributed by atoms with van der Waals surface area (Å²) in [5.74, 6) is -3.27. The Morgan fingerprint density at radius 1 is 1.23 bits per heavy atom. The number of β-lactam (4-membered cyclic amide) rings is 1. The molecule has 14 nitrogen and oxygen atoms in total. The predicted octanol–water partition coefficient (Wildman–Crippen LogP) is 2.88. The summed E-state index contributed by atoms with van der Waals surface area (Å²) in [4.78, 5) is 73.0. The van der Waals surface area contributed by atoms with E-state index in [1.165, 1.54) is 23.2 Å². The second-order valence-electron chi connectivity index (χ2n) is 10.3. The van der Waals surface area contributed by atoms with Crippen LogP contribution in [0.25, 0.3) is 0 Å². The molecule has 0 aliphatic carbocycles. The Morgan fingerprint density at radius 3 is 2.61 bits per heavy atom. The summed E-state index contributed by atoms with van der Waals surface area (Å²) in [5.41, 5.74) is -0.235. The summed E-state index contributed by atoms with van der Waals surface area (Å²) in [6.07, 6.45) is 0.596. The van der Waals surface area contributed by atoms with Crippen LogP contribution in [0, 0.1) is 0 Å². The van der Waals surface area contributed by atoms with Gasteiger partial charge in [-0.2, -0.15) is 0 Å². The maximum atomic E-state index is 13.4. The third-order valence-corrected chi connectivity index (χ3v) is 7.94. The minimum atomic E-state index is -1.29. The van der Waals surface area contributed by atoms with Crippen LogP contribution in [-0.4, -0.2) is 79.9 Å². The number of oxime groups is 1. The molecule has 0 saturated carbocycles. The van der Waals surface area contributed by atoms with Crippen molar-refractivity contribution in [3.63, 3.8) is 0 Å². The van der Waals surface area contributed by atoms with E-state index in [0.717, 1.165) is 21.8 Å². The van der Waals surface area contributed by atoms with Crippen molar-refractivity contribution in [3.8, 4) is 0 Å². The second kappa shape index (κ2) is 13.7. The van der Waals surface area contributed by atoms with Gasteiger partial charge in [-0.15, -0.1) is 23.1 Å². The lowest BCUT2D eigenvalue weighted by atomic mass is 10.0. The highest BCUT2D eigenvalue weighted by Gasteiger charge is 2.54. The summed E-state index contributed by atoms with van der Waals surface area (Å²) < 4.78 is 10.4. The first kappa shape index (κ1) is 32.2. The molecule has 0 unspecified atom stereocenters. The number of allylic oxidation sites excluding steroid dienone is 1. The Hall–Kier alpha value is -4.70. The molecule has 0 spiro atoms. The molecule has 1 fully saturated rings. The lowest BCUT2D eigenvalue weighted by Gasteiger charge is -2.49. The Bertz CT molecular complexity index is 1530. The molecule has 2 atom stereocenters. The van der Waals surface area contributed by atoms with Gasteiger partial charge < -0.3 is 24.7 Å². The van der Waals surface area contributed by atoms with E-state index in [1.54, 1.807) is 32.9 Å². The zero-order valence-electron chi connectivity index (χ0n) is 23.9. The van der Waals surface area contributed by atoms with Crippen LogP contribution in [0.1, 0.15) is 32.0 Å². The quantitative estimate of drug-likeness (QED) is 0.142. The van der Waals surface area contributed by atoms with Crippen molar-refractivity contribution in [2.24, 2.45) is 5.16 Å². The SMILES string of the molecule is C=CC1=C(C(=O)O)N2C(=O)[C@@H](NC(=O)/C(=N\OCC(=O)OC(C)(C)C)c3csc(NC(=O)OCc4ccccc4)n3)[C@@H]2SC1. The van der Waals surface area contributed by atoms with Gasteiger partial charge in [-0.05, 0) is 31.9 Å². The molecule has 1 saturated heterocycles. The highest BCUT2D eigenvalue weighted by atomic mass is 32.2. The number of rotatable bonds is 11. The number of amides is 3. The zero-order chi connectivity index (χ0) is 32.0. The van der Waals surface area contributed by atoms with E-state index in [9.17, 15) is 29.1 Å². The fraction of sp³-hybridized carbons (Fsp3) is 0.321. The normalized spacial score (nSPS) is 18.0. The van der Waals surface area contributed by atoms with Crippen molar-refractivity contribution < 1.29 is 43.4 Å². The maximum absolute atomic E-state index is 13.4. The van der Waals surface area contributed by atoms with Crippen molar-refractivity contribution in [2.45, 2.75) is 44.4 Å². The van der Waals surface area contributed by atoms with Crippen LogP contribution in [-0.2, 0) is 40.1 Å². The number of carboxylic acid groups (broad SMARTS) is 1. The highest BCUT2D eigenvalue weighted by Crippen LogP contribution is 2.40. The van der Waals surface area contributed by atoms with E-state index in [0.29, 0.717) is 5.57 Å². The first-order valence-electron chi connectivity index (χ1n) is 13.1. The Labute approximate surface area is 260 Å². The number of nitrogens with zero attached hydrogens (tertiary/aromatic N) is 3. The number of hydrogen-bond donors (Lipinski definition) is 3. The van der Waals surface area contributed by atoms with Crippen molar-refractivity contribution in [1.29, 1.82) is 0 Å². The average Bonchev–Trinajstić information content (AvgIpc) is 3.43. The van der Waals surface area contributed by atoms with Gasteiger partial charge in [0, 0.05) is 11.1 Å². The first-order chi connectivity index (χ1) is 20.9. The lowest BCUT2D eigenvalue weighted by Crippen LogP contribution is -2.71. The number of thioether (sulfide) groups is 1. The largest absolute Gasteiger partial charge is 0.477 e. The molecule has 232 valence electrons. The molecule has 3 amide bonds. The number of nitrogens with one attached hydrogen (secondary N) is 2. The monoisotopic (exact) mass is 643 g/mol. The van der Waals surface area contributed by atoms with Gasteiger partial charge in [0.25, 0.3) is 11.8 Å². The average molecular weight is 644 g/mol. The fourth-order valence-electron chi connectivity index (χ4n) is 4.02. The first-order valence-corrected chi connectivity index (χ1v) is 15.0. The zero-order valence-corrected chi connectivity index (χ0v) is 25.5. The molecule has 16 heteroatoms. The summed E-state index contributed by atoms with van der Waals surface area (Å²) >= 11 is 2.23. The van der Waals surface area contributed by atoms with Crippen molar-refractivity contribution >= 4 is 63.8 Å². The van der Waals surface area contributed by atoms with E-state index >= 15 is 0 Å². The number of thiazole rings is 1. The van der Waals surface area contributed by atoms with Gasteiger partial charge in [-0.1, -0.05) is 48.1 Å². The van der Waals surface area contributed by atoms with Crippen molar-refractivity contribution in [1.82, 2.24) is 15.2 Å². The number of anilines is 1. The van der Waals surface area contributed by atoms with Crippen molar-refractivity contribution in [3.05, 3.63) is 70.9 Å². The van der Waals surface area contributed by atoms with Crippen molar-refractivity contribution in [2.75, 3.05) is 17.7 Å².